The molecule has 3 aliphatic rings. The zero-order valence-corrected chi connectivity index (χ0v) is 15.7. The number of carbonyl (C=O) groups excluding carboxylic acids is 2. The molecule has 0 N–H and O–H groups in total. The smallest absolute Gasteiger partial charge is 0.292 e. The van der Waals surface area contributed by atoms with Gasteiger partial charge in [-0.15, -0.1) is 0 Å². The Kier molecular flexibility index (Phi) is 3.85. The maximum atomic E-state index is 13.0. The van der Waals surface area contributed by atoms with Gasteiger partial charge in [0.2, 0.25) is 17.6 Å². The number of piperidine rings is 1. The molecule has 0 saturated carbocycles. The highest BCUT2D eigenvalue weighted by molar-refractivity contribution is 5.91. The minimum atomic E-state index is -0.219. The third-order valence-electron chi connectivity index (χ3n) is 6.73. The zero-order valence-electron chi connectivity index (χ0n) is 15.7. The normalized spacial score (nSPS) is 26.2. The Bertz CT molecular complexity index is 878. The second kappa shape index (κ2) is 6.29. The van der Waals surface area contributed by atoms with Crippen LogP contribution >= 0.6 is 0 Å². The summed E-state index contributed by atoms with van der Waals surface area (Å²) in [7, 11) is 1.91. The van der Waals surface area contributed by atoms with Gasteiger partial charge in [0, 0.05) is 57.6 Å². The van der Waals surface area contributed by atoms with Crippen molar-refractivity contribution in [3.05, 3.63) is 36.5 Å². The summed E-state index contributed by atoms with van der Waals surface area (Å²) in [4.78, 5) is 40.1. The number of fused-ring (bicyclic) bond motifs is 2. The predicted octanol–water partition coefficient (Wildman–Crippen LogP) is 0.664. The van der Waals surface area contributed by atoms with Gasteiger partial charge in [0.1, 0.15) is 0 Å². The third kappa shape index (κ3) is 2.42. The highest BCUT2D eigenvalue weighted by Crippen LogP contribution is 2.49. The van der Waals surface area contributed by atoms with E-state index < -0.39 is 0 Å². The van der Waals surface area contributed by atoms with Gasteiger partial charge < -0.3 is 19.2 Å². The van der Waals surface area contributed by atoms with Gasteiger partial charge in [-0.25, -0.2) is 9.97 Å². The van der Waals surface area contributed by atoms with Crippen LogP contribution in [0.1, 0.15) is 23.4 Å². The van der Waals surface area contributed by atoms with E-state index in [0.29, 0.717) is 25.6 Å². The fraction of sp³-hybridized carbons (Fsp3) is 0.526. The molecule has 2 aromatic rings. The van der Waals surface area contributed by atoms with E-state index in [4.69, 9.17) is 4.52 Å². The molecular weight excluding hydrogens is 360 g/mol. The Hall–Kier alpha value is -2.97. The van der Waals surface area contributed by atoms with Crippen LogP contribution < -0.4 is 4.90 Å². The van der Waals surface area contributed by atoms with Crippen molar-refractivity contribution in [2.24, 2.45) is 11.8 Å². The van der Waals surface area contributed by atoms with Crippen LogP contribution in [-0.4, -0.2) is 75.5 Å². The topological polar surface area (TPSA) is 95.7 Å². The van der Waals surface area contributed by atoms with Crippen LogP contribution in [0.5, 0.6) is 0 Å². The molecule has 9 nitrogen and oxygen atoms in total. The molecule has 3 aliphatic heterocycles. The quantitative estimate of drug-likeness (QED) is 0.753. The predicted molar refractivity (Wildman–Crippen MR) is 98.4 cm³/mol. The number of hydrogen-bond donors (Lipinski definition) is 0. The van der Waals surface area contributed by atoms with E-state index in [-0.39, 0.29) is 34.9 Å². The van der Waals surface area contributed by atoms with Crippen LogP contribution in [0.2, 0.25) is 0 Å². The largest absolute Gasteiger partial charge is 0.351 e. The first kappa shape index (κ1) is 17.2. The van der Waals surface area contributed by atoms with E-state index >= 15 is 0 Å². The first-order chi connectivity index (χ1) is 13.6. The summed E-state index contributed by atoms with van der Waals surface area (Å²) in [6.45, 7) is 2.62. The Morgan fingerprint density at radius 1 is 1.18 bits per heavy atom. The fourth-order valence-electron chi connectivity index (χ4n) is 5.22. The number of anilines is 1. The average Bonchev–Trinajstić information content (AvgIpc) is 3.46. The molecule has 0 aromatic carbocycles. The van der Waals surface area contributed by atoms with Gasteiger partial charge in [-0.1, -0.05) is 5.16 Å². The molecular formula is C19H22N6O3. The molecule has 9 heteroatoms. The zero-order chi connectivity index (χ0) is 19.3. The first-order valence-corrected chi connectivity index (χ1v) is 9.60. The van der Waals surface area contributed by atoms with Gasteiger partial charge in [-0.05, 0) is 18.9 Å². The highest BCUT2D eigenvalue weighted by atomic mass is 16.5. The monoisotopic (exact) mass is 382 g/mol. The fourth-order valence-corrected chi connectivity index (χ4v) is 5.22. The second-order valence-electron chi connectivity index (χ2n) is 7.84. The molecule has 146 valence electrons. The van der Waals surface area contributed by atoms with Crippen molar-refractivity contribution in [2.45, 2.75) is 18.4 Å². The Morgan fingerprint density at radius 3 is 2.61 bits per heavy atom. The Morgan fingerprint density at radius 2 is 1.93 bits per heavy atom. The van der Waals surface area contributed by atoms with Crippen molar-refractivity contribution in [1.29, 1.82) is 0 Å². The summed E-state index contributed by atoms with van der Waals surface area (Å²) in [6, 6.07) is 3.38. The SMILES string of the molecule is CN1C(=O)[C@H]2CN(c3ncccn3)C[C@H]2C12CCN(C(=O)c1ccno1)CC2. The summed E-state index contributed by atoms with van der Waals surface area (Å²) in [6.07, 6.45) is 6.46. The summed E-state index contributed by atoms with van der Waals surface area (Å²) in [5.41, 5.74) is -0.219. The molecule has 0 unspecified atom stereocenters. The molecule has 5 heterocycles. The minimum absolute atomic E-state index is 0.0367. The van der Waals surface area contributed by atoms with Crippen molar-refractivity contribution in [3.63, 3.8) is 0 Å². The summed E-state index contributed by atoms with van der Waals surface area (Å²) < 4.78 is 5.01. The number of nitrogens with zero attached hydrogens (tertiary/aromatic N) is 6. The maximum Gasteiger partial charge on any atom is 0.292 e. The Balaban J connectivity index is 1.35. The summed E-state index contributed by atoms with van der Waals surface area (Å²) >= 11 is 0. The molecule has 1 spiro atoms. The van der Waals surface area contributed by atoms with E-state index in [1.807, 2.05) is 11.9 Å². The van der Waals surface area contributed by atoms with Crippen LogP contribution in [0.3, 0.4) is 0 Å². The number of amides is 2. The minimum Gasteiger partial charge on any atom is -0.351 e. The van der Waals surface area contributed by atoms with Gasteiger partial charge in [-0.3, -0.25) is 9.59 Å². The Labute approximate surface area is 162 Å². The van der Waals surface area contributed by atoms with Crippen molar-refractivity contribution in [1.82, 2.24) is 24.9 Å². The van der Waals surface area contributed by atoms with Crippen LogP contribution in [-0.2, 0) is 4.79 Å². The molecule has 5 rings (SSSR count). The number of likely N-dealkylation sites (tertiary alicyclic amines) is 2. The number of aromatic nitrogens is 3. The van der Waals surface area contributed by atoms with E-state index in [0.717, 1.165) is 19.4 Å². The van der Waals surface area contributed by atoms with Crippen LogP contribution in [0.25, 0.3) is 0 Å². The average molecular weight is 382 g/mol. The van der Waals surface area contributed by atoms with Crippen molar-refractivity contribution < 1.29 is 14.1 Å². The first-order valence-electron chi connectivity index (χ1n) is 9.60. The number of rotatable bonds is 2. The van der Waals surface area contributed by atoms with Crippen LogP contribution in [0, 0.1) is 11.8 Å². The maximum absolute atomic E-state index is 13.0. The van der Waals surface area contributed by atoms with Gasteiger partial charge in [0.15, 0.2) is 0 Å². The van der Waals surface area contributed by atoms with E-state index in [9.17, 15) is 9.59 Å². The lowest BCUT2D eigenvalue weighted by atomic mass is 9.75. The molecule has 0 bridgehead atoms. The highest BCUT2D eigenvalue weighted by Gasteiger charge is 2.61. The molecule has 3 saturated heterocycles. The van der Waals surface area contributed by atoms with Crippen molar-refractivity contribution in [2.75, 3.05) is 38.1 Å². The molecule has 0 aliphatic carbocycles. The van der Waals surface area contributed by atoms with Gasteiger partial charge in [-0.2, -0.15) is 0 Å². The van der Waals surface area contributed by atoms with Gasteiger partial charge >= 0.3 is 0 Å². The molecule has 2 aromatic heterocycles. The number of carbonyl (C=O) groups is 2. The molecule has 0 radical (unpaired) electrons. The van der Waals surface area contributed by atoms with Crippen LogP contribution in [0.4, 0.5) is 5.95 Å². The lowest BCUT2D eigenvalue weighted by Gasteiger charge is -2.46. The molecule has 2 atom stereocenters. The molecule has 28 heavy (non-hydrogen) atoms. The second-order valence-corrected chi connectivity index (χ2v) is 7.84. The van der Waals surface area contributed by atoms with E-state index in [1.54, 1.807) is 29.4 Å². The van der Waals surface area contributed by atoms with E-state index in [2.05, 4.69) is 20.0 Å². The summed E-state index contributed by atoms with van der Waals surface area (Å²) in [5.74, 6) is 1.18. The standard InChI is InChI=1S/C19H22N6O3/c1-23-16(26)13-11-25(18-20-6-2-7-21-18)12-14(13)19(23)4-9-24(10-5-19)17(27)15-3-8-22-28-15/h2-3,6-8,13-14H,4-5,9-12H2,1H3/t13-,14+/m0/s1. The van der Waals surface area contributed by atoms with E-state index in [1.165, 1.54) is 6.20 Å². The summed E-state index contributed by atoms with van der Waals surface area (Å²) in [5, 5.41) is 3.62. The molecule has 2 amide bonds. The van der Waals surface area contributed by atoms with Gasteiger partial charge in [0.05, 0.1) is 17.7 Å². The van der Waals surface area contributed by atoms with Crippen molar-refractivity contribution in [3.8, 4) is 0 Å². The van der Waals surface area contributed by atoms with Gasteiger partial charge in [0.25, 0.3) is 5.91 Å². The van der Waals surface area contributed by atoms with Crippen molar-refractivity contribution >= 4 is 17.8 Å². The molecule has 3 fully saturated rings. The lowest BCUT2D eigenvalue weighted by molar-refractivity contribution is -0.133. The van der Waals surface area contributed by atoms with Crippen LogP contribution in [0.15, 0.2) is 35.2 Å². The third-order valence-corrected chi connectivity index (χ3v) is 6.73. The number of hydrogen-bond acceptors (Lipinski definition) is 7. The lowest BCUT2D eigenvalue weighted by Crippen LogP contribution is -2.56.